The minimum absolute atomic E-state index is 0.561. The second-order valence-electron chi connectivity index (χ2n) is 15.2. The number of nitrogens with zero attached hydrogens (tertiary/aromatic N) is 2. The summed E-state index contributed by atoms with van der Waals surface area (Å²) in [6.07, 6.45) is 3.81. The third kappa shape index (κ3) is 3.72. The van der Waals surface area contributed by atoms with Crippen molar-refractivity contribution < 1.29 is 4.42 Å². The average molecular weight is 711 g/mol. The fourth-order valence-corrected chi connectivity index (χ4v) is 10.4. The Balaban J connectivity index is 1.14. The van der Waals surface area contributed by atoms with Crippen molar-refractivity contribution in [2.24, 2.45) is 0 Å². The van der Waals surface area contributed by atoms with Crippen LogP contribution in [-0.2, 0) is 5.41 Å². The quantitative estimate of drug-likeness (QED) is 0.168. The average Bonchev–Trinajstić information content (AvgIpc) is 3.88. The molecule has 1 unspecified atom stereocenters. The lowest BCUT2D eigenvalue weighted by Crippen LogP contribution is -2.26. The lowest BCUT2D eigenvalue weighted by molar-refractivity contribution is 0.669. The summed E-state index contributed by atoms with van der Waals surface area (Å²) in [4.78, 5) is 9.84. The number of pyridine rings is 2. The third-order valence-corrected chi connectivity index (χ3v) is 12.6. The molecule has 0 aliphatic heterocycles. The van der Waals surface area contributed by atoms with Gasteiger partial charge in [0.05, 0.1) is 16.6 Å². The van der Waals surface area contributed by atoms with Gasteiger partial charge in [0.15, 0.2) is 0 Å². The van der Waals surface area contributed by atoms with E-state index in [1.165, 1.54) is 82.7 Å². The van der Waals surface area contributed by atoms with Gasteiger partial charge >= 0.3 is 0 Å². The maximum atomic E-state index is 6.49. The van der Waals surface area contributed by atoms with E-state index in [9.17, 15) is 0 Å². The number of para-hydroxylation sites is 1. The fourth-order valence-electron chi connectivity index (χ4n) is 10.4. The molecule has 0 saturated carbocycles. The van der Waals surface area contributed by atoms with Gasteiger partial charge in [-0.1, -0.05) is 127 Å². The summed E-state index contributed by atoms with van der Waals surface area (Å²) in [6, 6.07) is 62.1. The zero-order valence-corrected chi connectivity index (χ0v) is 30.1. The Morgan fingerprint density at radius 3 is 1.84 bits per heavy atom. The van der Waals surface area contributed by atoms with Crippen molar-refractivity contribution in [1.29, 1.82) is 0 Å². The highest BCUT2D eigenvalue weighted by Crippen LogP contribution is 2.63. The monoisotopic (exact) mass is 710 g/mol. The van der Waals surface area contributed by atoms with E-state index in [4.69, 9.17) is 14.4 Å². The molecule has 3 aromatic heterocycles. The van der Waals surface area contributed by atoms with Crippen molar-refractivity contribution in [3.8, 4) is 44.6 Å². The standard InChI is InChI=1S/C53H30N2O/c1-3-16-38-36(14-1)50(37-15-2-4-17-39(37)51(38)35-18-9-22-47-33(35)19-10-26-54-47)31-24-25-40-45(28-31)53(44-21-11-27-55-52(40)44)43-20-7-5-12-32(43)41-30-49-42(29-46(41)53)34-13-6-8-23-48(34)56-49/h1-30H. The summed E-state index contributed by atoms with van der Waals surface area (Å²) in [7, 11) is 0. The Morgan fingerprint density at radius 1 is 0.357 bits per heavy atom. The smallest absolute Gasteiger partial charge is 0.136 e. The van der Waals surface area contributed by atoms with Crippen LogP contribution in [0.5, 0.6) is 0 Å². The van der Waals surface area contributed by atoms with Gasteiger partial charge in [-0.25, -0.2) is 0 Å². The van der Waals surface area contributed by atoms with Gasteiger partial charge in [0.2, 0.25) is 0 Å². The number of furan rings is 1. The molecule has 8 aromatic carbocycles. The molecule has 3 nitrogen and oxygen atoms in total. The van der Waals surface area contributed by atoms with E-state index in [1.54, 1.807) is 0 Å². The topological polar surface area (TPSA) is 38.9 Å². The van der Waals surface area contributed by atoms with Gasteiger partial charge in [0.25, 0.3) is 0 Å². The zero-order valence-electron chi connectivity index (χ0n) is 30.1. The first-order valence-corrected chi connectivity index (χ1v) is 19.2. The van der Waals surface area contributed by atoms with Crippen LogP contribution in [0, 0.1) is 0 Å². The number of aromatic nitrogens is 2. The van der Waals surface area contributed by atoms with Crippen molar-refractivity contribution in [2.45, 2.75) is 5.41 Å². The van der Waals surface area contributed by atoms with Gasteiger partial charge in [-0.3, -0.25) is 9.97 Å². The summed E-state index contributed by atoms with van der Waals surface area (Å²) in [6.45, 7) is 0. The van der Waals surface area contributed by atoms with Crippen LogP contribution >= 0.6 is 0 Å². The zero-order chi connectivity index (χ0) is 36.5. The van der Waals surface area contributed by atoms with E-state index in [0.29, 0.717) is 0 Å². The highest BCUT2D eigenvalue weighted by molar-refractivity contribution is 6.23. The van der Waals surface area contributed by atoms with Crippen molar-refractivity contribution in [3.63, 3.8) is 0 Å². The Labute approximate surface area is 322 Å². The van der Waals surface area contributed by atoms with Gasteiger partial charge in [-0.15, -0.1) is 0 Å². The molecular weight excluding hydrogens is 681 g/mol. The van der Waals surface area contributed by atoms with Gasteiger partial charge in [0.1, 0.15) is 11.2 Å². The second-order valence-corrected chi connectivity index (χ2v) is 15.2. The van der Waals surface area contributed by atoms with Crippen molar-refractivity contribution in [1.82, 2.24) is 9.97 Å². The van der Waals surface area contributed by atoms with E-state index in [0.717, 1.165) is 38.5 Å². The van der Waals surface area contributed by atoms with Gasteiger partial charge < -0.3 is 4.42 Å². The van der Waals surface area contributed by atoms with Crippen LogP contribution < -0.4 is 0 Å². The van der Waals surface area contributed by atoms with E-state index in [-0.39, 0.29) is 0 Å². The summed E-state index contributed by atoms with van der Waals surface area (Å²) in [5.74, 6) is 0. The molecule has 13 rings (SSSR count). The molecule has 0 amide bonds. The number of benzene rings is 8. The summed E-state index contributed by atoms with van der Waals surface area (Å²) in [5.41, 5.74) is 16.8. The highest BCUT2D eigenvalue weighted by atomic mass is 16.3. The SMILES string of the molecule is c1ccc2c(c1)-c1cc3oc4ccccc4c3cc1C21c2cc(-c3c4ccccc4c(-c4cccc5ncccc45)c4ccccc34)ccc2-c2ncccc21. The summed E-state index contributed by atoms with van der Waals surface area (Å²) >= 11 is 0. The minimum atomic E-state index is -0.561. The molecule has 2 aliphatic carbocycles. The minimum Gasteiger partial charge on any atom is -0.456 e. The van der Waals surface area contributed by atoms with Crippen LogP contribution in [0.1, 0.15) is 22.3 Å². The molecule has 2 aliphatic rings. The molecule has 3 heteroatoms. The molecule has 11 aromatic rings. The van der Waals surface area contributed by atoms with Crippen LogP contribution in [0.3, 0.4) is 0 Å². The van der Waals surface area contributed by atoms with Crippen LogP contribution in [-0.4, -0.2) is 9.97 Å². The van der Waals surface area contributed by atoms with E-state index >= 15 is 0 Å². The number of rotatable bonds is 2. The molecule has 258 valence electrons. The Hall–Kier alpha value is -7.36. The molecule has 0 fully saturated rings. The molecular formula is C53H30N2O. The van der Waals surface area contributed by atoms with Crippen LogP contribution in [0.15, 0.2) is 187 Å². The predicted octanol–water partition coefficient (Wildman–Crippen LogP) is 13.5. The van der Waals surface area contributed by atoms with E-state index < -0.39 is 5.41 Å². The summed E-state index contributed by atoms with van der Waals surface area (Å²) in [5, 5.41) is 8.33. The van der Waals surface area contributed by atoms with Gasteiger partial charge in [-0.05, 0) is 120 Å². The maximum Gasteiger partial charge on any atom is 0.136 e. The van der Waals surface area contributed by atoms with Crippen molar-refractivity contribution in [2.75, 3.05) is 0 Å². The van der Waals surface area contributed by atoms with Crippen LogP contribution in [0.25, 0.3) is 99.0 Å². The van der Waals surface area contributed by atoms with Crippen molar-refractivity contribution >= 4 is 54.4 Å². The lowest BCUT2D eigenvalue weighted by Gasteiger charge is -2.30. The summed E-state index contributed by atoms with van der Waals surface area (Å²) < 4.78 is 6.49. The molecule has 1 spiro atoms. The molecule has 0 saturated heterocycles. The molecule has 0 N–H and O–H groups in total. The first-order chi connectivity index (χ1) is 27.8. The number of hydrogen-bond donors (Lipinski definition) is 0. The Bertz CT molecular complexity index is 3440. The molecule has 1 atom stereocenters. The predicted molar refractivity (Wildman–Crippen MR) is 229 cm³/mol. The number of fused-ring (bicyclic) bond motifs is 16. The fraction of sp³-hybridized carbons (Fsp3) is 0.0189. The molecule has 0 bridgehead atoms. The second kappa shape index (κ2) is 10.9. The first kappa shape index (κ1) is 30.0. The highest BCUT2D eigenvalue weighted by Gasteiger charge is 2.52. The van der Waals surface area contributed by atoms with Crippen molar-refractivity contribution in [3.05, 3.63) is 205 Å². The molecule has 56 heavy (non-hydrogen) atoms. The van der Waals surface area contributed by atoms with E-state index in [2.05, 4.69) is 158 Å². The van der Waals surface area contributed by atoms with E-state index in [1.807, 2.05) is 24.5 Å². The Kier molecular flexibility index (Phi) is 5.83. The Morgan fingerprint density at radius 2 is 1.00 bits per heavy atom. The number of hydrogen-bond acceptors (Lipinski definition) is 3. The maximum absolute atomic E-state index is 6.49. The molecule has 3 heterocycles. The third-order valence-electron chi connectivity index (χ3n) is 12.6. The first-order valence-electron chi connectivity index (χ1n) is 19.2. The normalized spacial score (nSPS) is 15.2. The largest absolute Gasteiger partial charge is 0.456 e. The van der Waals surface area contributed by atoms with Crippen LogP contribution in [0.4, 0.5) is 0 Å². The van der Waals surface area contributed by atoms with Crippen LogP contribution in [0.2, 0.25) is 0 Å². The van der Waals surface area contributed by atoms with Gasteiger partial charge in [0, 0.05) is 34.1 Å². The lowest BCUT2D eigenvalue weighted by atomic mass is 9.70. The molecule has 0 radical (unpaired) electrons. The van der Waals surface area contributed by atoms with Gasteiger partial charge in [-0.2, -0.15) is 0 Å².